The number of anilines is 1. The van der Waals surface area contributed by atoms with Gasteiger partial charge in [-0.15, -0.1) is 10.2 Å². The van der Waals surface area contributed by atoms with Crippen molar-refractivity contribution in [2.45, 2.75) is 24.7 Å². The summed E-state index contributed by atoms with van der Waals surface area (Å²) in [5, 5.41) is 20.3. The highest BCUT2D eigenvalue weighted by Crippen LogP contribution is 2.42. The third-order valence-electron chi connectivity index (χ3n) is 5.53. The van der Waals surface area contributed by atoms with Gasteiger partial charge in [-0.2, -0.15) is 5.10 Å². The molecule has 0 amide bonds. The van der Waals surface area contributed by atoms with E-state index < -0.39 is 0 Å². The monoisotopic (exact) mass is 356 g/mol. The second kappa shape index (κ2) is 6.46. The number of rotatable bonds is 5. The van der Waals surface area contributed by atoms with Crippen LogP contribution in [0.2, 0.25) is 0 Å². The molecular weight excluding hydrogens is 336 g/mol. The molecule has 6 heteroatoms. The highest BCUT2D eigenvalue weighted by molar-refractivity contribution is 5.83. The van der Waals surface area contributed by atoms with Crippen molar-refractivity contribution < 1.29 is 0 Å². The minimum absolute atomic E-state index is 0.119. The first kappa shape index (κ1) is 15.9. The van der Waals surface area contributed by atoms with Gasteiger partial charge in [-0.05, 0) is 49.2 Å². The van der Waals surface area contributed by atoms with Gasteiger partial charge in [-0.1, -0.05) is 18.6 Å². The van der Waals surface area contributed by atoms with Gasteiger partial charge in [0.2, 0.25) is 0 Å². The number of fused-ring (bicyclic) bond motifs is 1. The van der Waals surface area contributed by atoms with Crippen LogP contribution in [0.15, 0.2) is 60.9 Å². The molecule has 1 aromatic carbocycles. The van der Waals surface area contributed by atoms with Crippen molar-refractivity contribution in [2.24, 2.45) is 0 Å². The van der Waals surface area contributed by atoms with E-state index in [1.165, 1.54) is 12.1 Å². The molecule has 1 aliphatic carbocycles. The Morgan fingerprint density at radius 2 is 2.00 bits per heavy atom. The molecule has 0 spiro atoms. The van der Waals surface area contributed by atoms with Gasteiger partial charge in [0.05, 0.1) is 17.4 Å². The maximum absolute atomic E-state index is 4.58. The zero-order chi connectivity index (χ0) is 18.1. The minimum atomic E-state index is 0.119. The van der Waals surface area contributed by atoms with Crippen LogP contribution in [0.4, 0.5) is 5.82 Å². The van der Waals surface area contributed by atoms with E-state index in [2.05, 4.69) is 48.9 Å². The summed E-state index contributed by atoms with van der Waals surface area (Å²) in [4.78, 5) is 4.58. The molecule has 3 aromatic heterocycles. The molecular formula is C21H20N6. The fraction of sp³-hybridized carbons (Fsp3) is 0.238. The lowest BCUT2D eigenvalue weighted by molar-refractivity contribution is 0.253. The molecule has 6 nitrogen and oxygen atoms in total. The standard InChI is InChI=1S/C21H20N6/c1-2-11-22-19(4-1)21(9-3-10-21)14-23-20-8-7-17(26-27-20)15-5-6-18-16(12-15)13-24-25-18/h1-2,4-8,11-13H,3,9-10,14H2,(H,23,27)(H,24,25). The van der Waals surface area contributed by atoms with Crippen LogP contribution in [0.5, 0.6) is 0 Å². The Morgan fingerprint density at radius 3 is 2.74 bits per heavy atom. The molecule has 0 aliphatic heterocycles. The molecule has 3 heterocycles. The van der Waals surface area contributed by atoms with Crippen LogP contribution < -0.4 is 5.32 Å². The predicted octanol–water partition coefficient (Wildman–Crippen LogP) is 3.95. The summed E-state index contributed by atoms with van der Waals surface area (Å²) in [5.41, 5.74) is 4.19. The molecule has 1 fully saturated rings. The van der Waals surface area contributed by atoms with Crippen molar-refractivity contribution in [3.63, 3.8) is 0 Å². The van der Waals surface area contributed by atoms with Crippen LogP contribution >= 0.6 is 0 Å². The fourth-order valence-corrected chi connectivity index (χ4v) is 3.75. The molecule has 0 atom stereocenters. The highest BCUT2D eigenvalue weighted by Gasteiger charge is 2.39. The van der Waals surface area contributed by atoms with Gasteiger partial charge in [0.1, 0.15) is 5.82 Å². The Morgan fingerprint density at radius 1 is 1.04 bits per heavy atom. The Balaban J connectivity index is 1.32. The molecule has 0 radical (unpaired) electrons. The van der Waals surface area contributed by atoms with Gasteiger partial charge >= 0.3 is 0 Å². The molecule has 1 aliphatic rings. The molecule has 1 saturated carbocycles. The Bertz CT molecular complexity index is 1050. The Kier molecular flexibility index (Phi) is 3.81. The number of nitrogens with one attached hydrogen (secondary N) is 2. The summed E-state index contributed by atoms with van der Waals surface area (Å²) in [6, 6.07) is 16.3. The first-order chi connectivity index (χ1) is 13.3. The average Bonchev–Trinajstić information content (AvgIpc) is 3.16. The number of aromatic nitrogens is 5. The van der Waals surface area contributed by atoms with Crippen molar-refractivity contribution in [2.75, 3.05) is 11.9 Å². The number of hydrogen-bond donors (Lipinski definition) is 2. The topological polar surface area (TPSA) is 79.4 Å². The molecule has 0 bridgehead atoms. The van der Waals surface area contributed by atoms with Gasteiger partial charge in [-0.3, -0.25) is 10.1 Å². The van der Waals surface area contributed by atoms with Gasteiger partial charge in [0.15, 0.2) is 0 Å². The second-order valence-corrected chi connectivity index (χ2v) is 7.18. The lowest BCUT2D eigenvalue weighted by Gasteiger charge is -2.41. The van der Waals surface area contributed by atoms with E-state index in [-0.39, 0.29) is 5.41 Å². The van der Waals surface area contributed by atoms with Crippen LogP contribution in [-0.4, -0.2) is 31.9 Å². The maximum Gasteiger partial charge on any atom is 0.148 e. The zero-order valence-electron chi connectivity index (χ0n) is 14.9. The van der Waals surface area contributed by atoms with Crippen LogP contribution in [0.25, 0.3) is 22.2 Å². The van der Waals surface area contributed by atoms with Crippen molar-refractivity contribution in [1.29, 1.82) is 0 Å². The second-order valence-electron chi connectivity index (χ2n) is 7.18. The minimum Gasteiger partial charge on any atom is -0.368 e. The van der Waals surface area contributed by atoms with Gasteiger partial charge in [0.25, 0.3) is 0 Å². The fourth-order valence-electron chi connectivity index (χ4n) is 3.75. The van der Waals surface area contributed by atoms with Gasteiger partial charge in [0, 0.05) is 34.8 Å². The predicted molar refractivity (Wildman–Crippen MR) is 105 cm³/mol. The summed E-state index contributed by atoms with van der Waals surface area (Å²) in [6.07, 6.45) is 7.26. The summed E-state index contributed by atoms with van der Waals surface area (Å²) < 4.78 is 0. The third kappa shape index (κ3) is 2.93. The molecule has 134 valence electrons. The largest absolute Gasteiger partial charge is 0.368 e. The first-order valence-corrected chi connectivity index (χ1v) is 9.25. The molecule has 2 N–H and O–H groups in total. The van der Waals surface area contributed by atoms with E-state index >= 15 is 0 Å². The summed E-state index contributed by atoms with van der Waals surface area (Å²) in [7, 11) is 0. The van der Waals surface area contributed by atoms with Crippen LogP contribution in [-0.2, 0) is 5.41 Å². The molecule has 0 unspecified atom stereocenters. The van der Waals surface area contributed by atoms with Crippen LogP contribution in [0, 0.1) is 0 Å². The average molecular weight is 356 g/mol. The van der Waals surface area contributed by atoms with Gasteiger partial charge < -0.3 is 5.32 Å². The van der Waals surface area contributed by atoms with E-state index in [9.17, 15) is 0 Å². The lowest BCUT2D eigenvalue weighted by Crippen LogP contribution is -2.41. The van der Waals surface area contributed by atoms with Crippen molar-refractivity contribution >= 4 is 16.7 Å². The smallest absolute Gasteiger partial charge is 0.148 e. The quantitative estimate of drug-likeness (QED) is 0.566. The number of pyridine rings is 1. The number of hydrogen-bond acceptors (Lipinski definition) is 5. The van der Waals surface area contributed by atoms with E-state index in [0.717, 1.165) is 47.4 Å². The zero-order valence-corrected chi connectivity index (χ0v) is 14.9. The molecule has 0 saturated heterocycles. The lowest BCUT2D eigenvalue weighted by atomic mass is 9.66. The Hall–Kier alpha value is -3.28. The van der Waals surface area contributed by atoms with E-state index in [0.29, 0.717) is 0 Å². The summed E-state index contributed by atoms with van der Waals surface area (Å²) in [6.45, 7) is 0.832. The van der Waals surface area contributed by atoms with Gasteiger partial charge in [-0.25, -0.2) is 0 Å². The number of benzene rings is 1. The van der Waals surface area contributed by atoms with E-state index in [1.54, 1.807) is 0 Å². The molecule has 5 rings (SSSR count). The van der Waals surface area contributed by atoms with E-state index in [4.69, 9.17) is 0 Å². The number of aromatic amines is 1. The normalized spacial score (nSPS) is 15.4. The highest BCUT2D eigenvalue weighted by atomic mass is 15.2. The van der Waals surface area contributed by atoms with Crippen LogP contribution in [0.1, 0.15) is 25.0 Å². The molecule has 4 aromatic rings. The van der Waals surface area contributed by atoms with Crippen molar-refractivity contribution in [1.82, 2.24) is 25.4 Å². The maximum atomic E-state index is 4.58. The van der Waals surface area contributed by atoms with Crippen molar-refractivity contribution in [3.05, 3.63) is 66.6 Å². The number of H-pyrrole nitrogens is 1. The van der Waals surface area contributed by atoms with Crippen molar-refractivity contribution in [3.8, 4) is 11.3 Å². The van der Waals surface area contributed by atoms with E-state index in [1.807, 2.05) is 42.7 Å². The third-order valence-corrected chi connectivity index (χ3v) is 5.53. The summed E-state index contributed by atoms with van der Waals surface area (Å²) in [5.74, 6) is 0.797. The first-order valence-electron chi connectivity index (χ1n) is 9.25. The number of nitrogens with zero attached hydrogens (tertiary/aromatic N) is 4. The summed E-state index contributed by atoms with van der Waals surface area (Å²) >= 11 is 0. The van der Waals surface area contributed by atoms with Crippen LogP contribution in [0.3, 0.4) is 0 Å². The SMILES string of the molecule is c1ccc(C2(CNc3ccc(-c4ccc5[nH]ncc5c4)nn3)CCC2)nc1. The Labute approximate surface area is 157 Å². The molecule has 27 heavy (non-hydrogen) atoms.